The first-order chi connectivity index (χ1) is 14.8. The smallest absolute Gasteiger partial charge is 0.320 e. The van der Waals surface area contributed by atoms with Gasteiger partial charge in [0.05, 0.1) is 5.69 Å². The minimum atomic E-state index is -1.05. The van der Waals surface area contributed by atoms with Crippen molar-refractivity contribution in [3.05, 3.63) is 29.6 Å². The van der Waals surface area contributed by atoms with Gasteiger partial charge in [-0.05, 0) is 24.5 Å². The van der Waals surface area contributed by atoms with Crippen molar-refractivity contribution < 1.29 is 14.7 Å². The summed E-state index contributed by atoms with van der Waals surface area (Å²) in [5.74, 6) is 0.0719. The van der Waals surface area contributed by atoms with E-state index in [1.165, 1.54) is 29.7 Å². The van der Waals surface area contributed by atoms with Crippen LogP contribution in [0.4, 0.5) is 21.4 Å². The van der Waals surface area contributed by atoms with Crippen molar-refractivity contribution >= 4 is 51.2 Å². The molecule has 1 unspecified atom stereocenters. The van der Waals surface area contributed by atoms with Crippen LogP contribution in [0.25, 0.3) is 21.1 Å². The molecular formula is C20H24N6O3S2. The third-order valence-electron chi connectivity index (χ3n) is 4.22. The van der Waals surface area contributed by atoms with Crippen LogP contribution in [-0.4, -0.2) is 40.2 Å². The van der Waals surface area contributed by atoms with Crippen LogP contribution in [0.3, 0.4) is 0 Å². The van der Waals surface area contributed by atoms with Gasteiger partial charge in [-0.2, -0.15) is 0 Å². The SMILES string of the molecule is CNC(=O)Nc1nc(N)c(-c2nc(-c3cccc(NC(=O)C(O)CC(C)C)c3)cs2)s1. The number of carbonyl (C=O) groups excluding carboxylic acids is 2. The van der Waals surface area contributed by atoms with Crippen molar-refractivity contribution in [1.29, 1.82) is 0 Å². The summed E-state index contributed by atoms with van der Waals surface area (Å²) in [4.78, 5) is 33.1. The number of nitrogens with zero attached hydrogens (tertiary/aromatic N) is 2. The van der Waals surface area contributed by atoms with Gasteiger partial charge in [0.1, 0.15) is 21.8 Å². The van der Waals surface area contributed by atoms with Gasteiger partial charge in [-0.1, -0.05) is 37.3 Å². The number of anilines is 3. The summed E-state index contributed by atoms with van der Waals surface area (Å²) in [6.07, 6.45) is -0.657. The van der Waals surface area contributed by atoms with Crippen molar-refractivity contribution in [2.45, 2.75) is 26.4 Å². The van der Waals surface area contributed by atoms with Gasteiger partial charge < -0.3 is 21.5 Å². The quantitative estimate of drug-likeness (QED) is 0.364. The number of nitrogens with one attached hydrogen (secondary N) is 3. The Bertz CT molecular complexity index is 1080. The Labute approximate surface area is 187 Å². The number of hydrogen-bond acceptors (Lipinski definition) is 8. The lowest BCUT2D eigenvalue weighted by molar-refractivity contribution is -0.124. The third kappa shape index (κ3) is 5.78. The number of rotatable bonds is 7. The maximum absolute atomic E-state index is 12.2. The summed E-state index contributed by atoms with van der Waals surface area (Å²) < 4.78 is 0. The van der Waals surface area contributed by atoms with Crippen molar-refractivity contribution in [3.8, 4) is 21.1 Å². The zero-order chi connectivity index (χ0) is 22.5. The molecule has 2 heterocycles. The molecule has 0 fully saturated rings. The number of hydrogen-bond donors (Lipinski definition) is 5. The number of carbonyl (C=O) groups is 2. The zero-order valence-electron chi connectivity index (χ0n) is 17.3. The largest absolute Gasteiger partial charge is 0.383 e. The van der Waals surface area contributed by atoms with Crippen LogP contribution < -0.4 is 21.7 Å². The highest BCUT2D eigenvalue weighted by atomic mass is 32.1. The number of benzene rings is 1. The topological polar surface area (TPSA) is 142 Å². The zero-order valence-corrected chi connectivity index (χ0v) is 18.9. The van der Waals surface area contributed by atoms with Crippen LogP contribution >= 0.6 is 22.7 Å². The van der Waals surface area contributed by atoms with Crippen LogP contribution in [0.2, 0.25) is 0 Å². The number of aliphatic hydroxyl groups excluding tert-OH is 1. The van der Waals surface area contributed by atoms with Crippen molar-refractivity contribution in [2.75, 3.05) is 23.4 Å². The molecule has 6 N–H and O–H groups in total. The average Bonchev–Trinajstić information content (AvgIpc) is 3.34. The molecule has 2 aromatic heterocycles. The van der Waals surface area contributed by atoms with E-state index in [9.17, 15) is 14.7 Å². The molecule has 3 amide bonds. The molecule has 0 aliphatic carbocycles. The Kier molecular flexibility index (Phi) is 7.21. The molecule has 1 atom stereocenters. The van der Waals surface area contributed by atoms with Crippen LogP contribution in [0.5, 0.6) is 0 Å². The van der Waals surface area contributed by atoms with E-state index < -0.39 is 12.0 Å². The first-order valence-electron chi connectivity index (χ1n) is 9.57. The Hall–Kier alpha value is -3.02. The molecule has 0 aliphatic rings. The average molecular weight is 461 g/mol. The lowest BCUT2D eigenvalue weighted by Gasteiger charge is -2.13. The molecule has 9 nitrogen and oxygen atoms in total. The van der Waals surface area contributed by atoms with Crippen molar-refractivity contribution in [3.63, 3.8) is 0 Å². The number of aromatic nitrogens is 2. The van der Waals surface area contributed by atoms with E-state index in [1.807, 2.05) is 31.4 Å². The summed E-state index contributed by atoms with van der Waals surface area (Å²) in [5, 5.41) is 20.7. The second kappa shape index (κ2) is 9.86. The van der Waals surface area contributed by atoms with Crippen LogP contribution in [0.1, 0.15) is 20.3 Å². The summed E-state index contributed by atoms with van der Waals surface area (Å²) in [5.41, 5.74) is 8.11. The fourth-order valence-corrected chi connectivity index (χ4v) is 4.55. The standard InChI is InChI=1S/C20H24N6O3S2/c1-10(2)7-14(27)17(28)23-12-6-4-5-11(8-12)13-9-30-18(24-13)15-16(21)25-20(31-15)26-19(29)22-3/h4-6,8-10,14,27H,7,21H2,1-3H3,(H,23,28)(H2,22,25,26,29). The van der Waals surface area contributed by atoms with Gasteiger partial charge >= 0.3 is 6.03 Å². The van der Waals surface area contributed by atoms with Crippen LogP contribution in [-0.2, 0) is 4.79 Å². The minimum absolute atomic E-state index is 0.215. The van der Waals surface area contributed by atoms with Gasteiger partial charge in [-0.15, -0.1) is 11.3 Å². The number of nitrogen functional groups attached to an aromatic ring is 1. The monoisotopic (exact) mass is 460 g/mol. The van der Waals surface area contributed by atoms with E-state index in [2.05, 4.69) is 25.9 Å². The van der Waals surface area contributed by atoms with E-state index in [1.54, 1.807) is 12.1 Å². The summed E-state index contributed by atoms with van der Waals surface area (Å²) in [6.45, 7) is 3.90. The van der Waals surface area contributed by atoms with Gasteiger partial charge in [-0.25, -0.2) is 14.8 Å². The highest BCUT2D eigenvalue weighted by molar-refractivity contribution is 7.23. The first-order valence-corrected chi connectivity index (χ1v) is 11.3. The molecule has 0 saturated heterocycles. The number of amides is 3. The molecule has 11 heteroatoms. The van der Waals surface area contributed by atoms with E-state index in [-0.39, 0.29) is 17.8 Å². The highest BCUT2D eigenvalue weighted by Crippen LogP contribution is 2.38. The Morgan fingerprint density at radius 1 is 1.23 bits per heavy atom. The maximum Gasteiger partial charge on any atom is 0.320 e. The van der Waals surface area contributed by atoms with Crippen LogP contribution in [0, 0.1) is 5.92 Å². The molecular weight excluding hydrogens is 436 g/mol. The molecule has 0 saturated carbocycles. The van der Waals surface area contributed by atoms with E-state index in [0.29, 0.717) is 32.8 Å². The van der Waals surface area contributed by atoms with E-state index in [0.717, 1.165) is 5.56 Å². The fourth-order valence-electron chi connectivity index (χ4n) is 2.74. The second-order valence-corrected chi connectivity index (χ2v) is 9.05. The van der Waals surface area contributed by atoms with Crippen molar-refractivity contribution in [1.82, 2.24) is 15.3 Å². The molecule has 31 heavy (non-hydrogen) atoms. The Morgan fingerprint density at radius 2 is 2.00 bits per heavy atom. The van der Waals surface area contributed by atoms with Gasteiger partial charge in [0.15, 0.2) is 5.13 Å². The van der Waals surface area contributed by atoms with E-state index >= 15 is 0 Å². The Morgan fingerprint density at radius 3 is 2.71 bits per heavy atom. The number of nitrogens with two attached hydrogens (primary N) is 1. The number of aliphatic hydroxyl groups is 1. The molecule has 164 valence electrons. The molecule has 3 rings (SSSR count). The lowest BCUT2D eigenvalue weighted by atomic mass is 10.1. The fraction of sp³-hybridized carbons (Fsp3) is 0.300. The van der Waals surface area contributed by atoms with E-state index in [4.69, 9.17) is 5.73 Å². The minimum Gasteiger partial charge on any atom is -0.383 e. The van der Waals surface area contributed by atoms with Gasteiger partial charge in [0.2, 0.25) is 0 Å². The Balaban J connectivity index is 1.77. The van der Waals surface area contributed by atoms with Crippen molar-refractivity contribution in [2.24, 2.45) is 5.92 Å². The summed E-state index contributed by atoms with van der Waals surface area (Å²) in [7, 11) is 1.52. The maximum atomic E-state index is 12.2. The first kappa shape index (κ1) is 22.7. The predicted molar refractivity (Wildman–Crippen MR) is 125 cm³/mol. The van der Waals surface area contributed by atoms with Gasteiger partial charge in [0.25, 0.3) is 5.91 Å². The van der Waals surface area contributed by atoms with Gasteiger partial charge in [-0.3, -0.25) is 10.1 Å². The molecule has 0 aliphatic heterocycles. The molecule has 0 radical (unpaired) electrons. The van der Waals surface area contributed by atoms with Crippen LogP contribution in [0.15, 0.2) is 29.6 Å². The number of thiazole rings is 2. The highest BCUT2D eigenvalue weighted by Gasteiger charge is 2.18. The van der Waals surface area contributed by atoms with Gasteiger partial charge in [0, 0.05) is 23.7 Å². The second-order valence-electron chi connectivity index (χ2n) is 7.19. The third-order valence-corrected chi connectivity index (χ3v) is 6.20. The molecule has 1 aromatic carbocycles. The normalized spacial score (nSPS) is 11.9. The number of urea groups is 1. The molecule has 0 bridgehead atoms. The molecule has 0 spiro atoms. The summed E-state index contributed by atoms with van der Waals surface area (Å²) >= 11 is 2.64. The lowest BCUT2D eigenvalue weighted by Crippen LogP contribution is -2.28. The predicted octanol–water partition coefficient (Wildman–Crippen LogP) is 3.61. The molecule has 3 aromatic rings. The summed E-state index contributed by atoms with van der Waals surface area (Å²) in [6, 6.07) is 6.87.